The third-order valence-electron chi connectivity index (χ3n) is 5.01. The average molecular weight is 524 g/mol. The number of thioether (sulfide) groups is 1. The van der Waals surface area contributed by atoms with E-state index in [0.29, 0.717) is 27.3 Å². The number of carbonyl (C=O) groups excluding carboxylic acids is 1. The van der Waals surface area contributed by atoms with Crippen LogP contribution in [0.3, 0.4) is 0 Å². The molecule has 9 nitrogen and oxygen atoms in total. The van der Waals surface area contributed by atoms with Crippen molar-refractivity contribution in [2.45, 2.75) is 5.16 Å². The number of phenolic OH excluding ortho intramolecular Hbond substituents is 1. The van der Waals surface area contributed by atoms with Crippen molar-refractivity contribution in [3.63, 3.8) is 0 Å². The first-order valence-corrected chi connectivity index (χ1v) is 12.0. The van der Waals surface area contributed by atoms with Gasteiger partial charge in [-0.2, -0.15) is 5.10 Å². The molecule has 1 aromatic heterocycles. The predicted molar refractivity (Wildman–Crippen MR) is 139 cm³/mol. The molecule has 0 spiro atoms. The Morgan fingerprint density at radius 2 is 1.83 bits per heavy atom. The van der Waals surface area contributed by atoms with E-state index in [2.05, 4.69) is 20.7 Å². The van der Waals surface area contributed by atoms with E-state index in [-0.39, 0.29) is 17.4 Å². The Morgan fingerprint density at radius 3 is 2.53 bits per heavy atom. The van der Waals surface area contributed by atoms with Gasteiger partial charge in [0.2, 0.25) is 0 Å². The summed E-state index contributed by atoms with van der Waals surface area (Å²) in [4.78, 5) is 12.4. The molecule has 0 aliphatic carbocycles. The monoisotopic (exact) mass is 523 g/mol. The zero-order valence-corrected chi connectivity index (χ0v) is 21.0. The second kappa shape index (κ2) is 11.6. The first-order valence-electron chi connectivity index (χ1n) is 10.7. The largest absolute Gasteiger partial charge is 0.504 e. The number of hydrogen-bond donors (Lipinski definition) is 2. The summed E-state index contributed by atoms with van der Waals surface area (Å²) in [6, 6.07) is 19.5. The first kappa shape index (κ1) is 25.1. The van der Waals surface area contributed by atoms with Crippen molar-refractivity contribution in [2.75, 3.05) is 20.0 Å². The number of phenols is 1. The molecule has 0 bridgehead atoms. The lowest BCUT2D eigenvalue weighted by Crippen LogP contribution is -2.20. The van der Waals surface area contributed by atoms with Crippen LogP contribution in [0.4, 0.5) is 0 Å². The minimum atomic E-state index is -0.321. The Hall–Kier alpha value is -4.02. The molecule has 1 amide bonds. The predicted octanol–water partition coefficient (Wildman–Crippen LogP) is 4.55. The first-order chi connectivity index (χ1) is 17.5. The molecule has 1 heterocycles. The fraction of sp³-hybridized carbons (Fsp3) is 0.120. The number of benzene rings is 3. The van der Waals surface area contributed by atoms with Gasteiger partial charge >= 0.3 is 0 Å². The van der Waals surface area contributed by atoms with Gasteiger partial charge in [-0.05, 0) is 72.3 Å². The topological polar surface area (TPSA) is 111 Å². The van der Waals surface area contributed by atoms with Gasteiger partial charge in [-0.25, -0.2) is 5.43 Å². The van der Waals surface area contributed by atoms with E-state index in [1.807, 2.05) is 41.0 Å². The number of nitrogens with one attached hydrogen (secondary N) is 1. The van der Waals surface area contributed by atoms with Crippen LogP contribution >= 0.6 is 23.4 Å². The van der Waals surface area contributed by atoms with Crippen LogP contribution in [0.25, 0.3) is 17.1 Å². The molecule has 2 N–H and O–H groups in total. The highest BCUT2D eigenvalue weighted by Gasteiger charge is 2.17. The molecule has 0 atom stereocenters. The van der Waals surface area contributed by atoms with Crippen LogP contribution in [0.15, 0.2) is 77.0 Å². The number of hydrazone groups is 1. The molecule has 0 aliphatic heterocycles. The molecular formula is C25H22ClN5O4S. The molecule has 11 heteroatoms. The molecule has 36 heavy (non-hydrogen) atoms. The lowest BCUT2D eigenvalue weighted by molar-refractivity contribution is -0.118. The summed E-state index contributed by atoms with van der Waals surface area (Å²) in [5.41, 5.74) is 4.79. The lowest BCUT2D eigenvalue weighted by atomic mass is 10.2. The normalized spacial score (nSPS) is 11.0. The van der Waals surface area contributed by atoms with Crippen molar-refractivity contribution in [1.29, 1.82) is 0 Å². The number of nitrogens with zero attached hydrogens (tertiary/aromatic N) is 4. The summed E-state index contributed by atoms with van der Waals surface area (Å²) in [5, 5.41) is 23.5. The maximum absolute atomic E-state index is 12.4. The Morgan fingerprint density at radius 1 is 1.08 bits per heavy atom. The van der Waals surface area contributed by atoms with Gasteiger partial charge in [-0.15, -0.1) is 10.2 Å². The van der Waals surface area contributed by atoms with Crippen molar-refractivity contribution in [2.24, 2.45) is 5.10 Å². The maximum atomic E-state index is 12.4. The summed E-state index contributed by atoms with van der Waals surface area (Å²) in [6.07, 6.45) is 1.46. The number of aromatic hydroxyl groups is 1. The van der Waals surface area contributed by atoms with Crippen LogP contribution in [0.2, 0.25) is 5.02 Å². The maximum Gasteiger partial charge on any atom is 0.250 e. The number of hydrogen-bond acceptors (Lipinski definition) is 8. The molecule has 0 saturated heterocycles. The van der Waals surface area contributed by atoms with E-state index in [4.69, 9.17) is 21.1 Å². The number of aromatic nitrogens is 3. The fourth-order valence-electron chi connectivity index (χ4n) is 3.23. The van der Waals surface area contributed by atoms with Crippen molar-refractivity contribution < 1.29 is 19.4 Å². The molecule has 0 fully saturated rings. The van der Waals surface area contributed by atoms with Crippen LogP contribution in [-0.2, 0) is 4.79 Å². The number of halogens is 1. The summed E-state index contributed by atoms with van der Waals surface area (Å²) < 4.78 is 12.2. The van der Waals surface area contributed by atoms with Gasteiger partial charge in [0.25, 0.3) is 5.91 Å². The van der Waals surface area contributed by atoms with Crippen molar-refractivity contribution in [3.8, 4) is 34.3 Å². The van der Waals surface area contributed by atoms with Gasteiger partial charge in [0, 0.05) is 16.3 Å². The molecule has 3 aromatic carbocycles. The van der Waals surface area contributed by atoms with E-state index in [1.54, 1.807) is 31.4 Å². The van der Waals surface area contributed by atoms with Gasteiger partial charge in [0.15, 0.2) is 22.5 Å². The summed E-state index contributed by atoms with van der Waals surface area (Å²) in [7, 11) is 3.06. The third-order valence-corrected chi connectivity index (χ3v) is 6.19. The molecular weight excluding hydrogens is 502 g/mol. The van der Waals surface area contributed by atoms with E-state index in [9.17, 15) is 9.90 Å². The van der Waals surface area contributed by atoms with Gasteiger partial charge in [0.1, 0.15) is 5.75 Å². The standard InChI is InChI=1S/C25H22ClN5O4S/c1-34-20-10-4-17(5-11-20)24-29-30-25(31(24)19-8-6-18(26)7-9-19)36-15-23(33)28-27-14-16-3-12-21(32)22(13-16)35-2/h3-14,32H,15H2,1-2H3,(H,28,33)/b27-14-. The average Bonchev–Trinajstić information content (AvgIpc) is 3.33. The molecule has 0 aliphatic rings. The summed E-state index contributed by atoms with van der Waals surface area (Å²) in [5.74, 6) is 1.42. The van der Waals surface area contributed by atoms with Gasteiger partial charge in [0.05, 0.1) is 26.2 Å². The Bertz CT molecular complexity index is 1370. The van der Waals surface area contributed by atoms with E-state index in [0.717, 1.165) is 17.0 Å². The number of rotatable bonds is 9. The molecule has 0 unspecified atom stereocenters. The molecule has 0 saturated carbocycles. The van der Waals surface area contributed by atoms with Gasteiger partial charge < -0.3 is 14.6 Å². The smallest absolute Gasteiger partial charge is 0.250 e. The van der Waals surface area contributed by atoms with Crippen molar-refractivity contribution in [1.82, 2.24) is 20.2 Å². The second-order valence-electron chi connectivity index (χ2n) is 7.36. The van der Waals surface area contributed by atoms with Crippen LogP contribution in [-0.4, -0.2) is 52.0 Å². The molecule has 4 rings (SSSR count). The van der Waals surface area contributed by atoms with E-state index < -0.39 is 0 Å². The van der Waals surface area contributed by atoms with Crippen LogP contribution in [0.1, 0.15) is 5.56 Å². The molecule has 184 valence electrons. The number of methoxy groups -OCH3 is 2. The highest BCUT2D eigenvalue weighted by atomic mass is 35.5. The second-order valence-corrected chi connectivity index (χ2v) is 8.74. The van der Waals surface area contributed by atoms with Crippen LogP contribution in [0.5, 0.6) is 17.2 Å². The number of carbonyl (C=O) groups is 1. The zero-order valence-electron chi connectivity index (χ0n) is 19.4. The Kier molecular flexibility index (Phi) is 8.09. The van der Waals surface area contributed by atoms with Gasteiger partial charge in [-0.3, -0.25) is 9.36 Å². The highest BCUT2D eigenvalue weighted by Crippen LogP contribution is 2.29. The minimum absolute atomic E-state index is 0.0221. The van der Waals surface area contributed by atoms with Gasteiger partial charge in [-0.1, -0.05) is 23.4 Å². The number of amides is 1. The fourth-order valence-corrected chi connectivity index (χ4v) is 4.10. The lowest BCUT2D eigenvalue weighted by Gasteiger charge is -2.11. The zero-order chi connectivity index (χ0) is 25.5. The third kappa shape index (κ3) is 5.96. The van der Waals surface area contributed by atoms with Crippen LogP contribution < -0.4 is 14.9 Å². The van der Waals surface area contributed by atoms with Crippen molar-refractivity contribution >= 4 is 35.5 Å². The van der Waals surface area contributed by atoms with Crippen LogP contribution in [0, 0.1) is 0 Å². The SMILES string of the molecule is COc1ccc(-c2nnc(SCC(=O)N/N=C\c3ccc(O)c(OC)c3)n2-c2ccc(Cl)cc2)cc1. The summed E-state index contributed by atoms with van der Waals surface area (Å²) >= 11 is 7.30. The molecule has 4 aromatic rings. The molecule has 0 radical (unpaired) electrons. The minimum Gasteiger partial charge on any atom is -0.504 e. The Balaban J connectivity index is 1.50. The Labute approximate surface area is 216 Å². The van der Waals surface area contributed by atoms with E-state index in [1.165, 1.54) is 31.2 Å². The van der Waals surface area contributed by atoms with Crippen molar-refractivity contribution in [3.05, 3.63) is 77.3 Å². The van der Waals surface area contributed by atoms with E-state index >= 15 is 0 Å². The quantitative estimate of drug-likeness (QED) is 0.188. The number of ether oxygens (including phenoxy) is 2. The highest BCUT2D eigenvalue weighted by molar-refractivity contribution is 7.99. The summed E-state index contributed by atoms with van der Waals surface area (Å²) in [6.45, 7) is 0.